The number of nitrogens with one attached hydrogen (secondary N) is 3. The molecule has 48 heavy (non-hydrogen) atoms. The molecule has 0 aliphatic carbocycles. The summed E-state index contributed by atoms with van der Waals surface area (Å²) < 4.78 is 28.4. The molecule has 0 saturated heterocycles. The van der Waals surface area contributed by atoms with E-state index in [1.54, 1.807) is 56.3 Å². The van der Waals surface area contributed by atoms with E-state index in [-0.39, 0.29) is 24.5 Å². The van der Waals surface area contributed by atoms with Crippen LogP contribution in [0.2, 0.25) is 0 Å². The van der Waals surface area contributed by atoms with Crippen LogP contribution >= 0.6 is 15.9 Å². The van der Waals surface area contributed by atoms with Gasteiger partial charge in [0.1, 0.15) is 13.2 Å². The molecule has 4 N–H and O–H groups in total. The van der Waals surface area contributed by atoms with Gasteiger partial charge >= 0.3 is 12.0 Å². The van der Waals surface area contributed by atoms with Crippen LogP contribution in [0.25, 0.3) is 0 Å². The molecule has 0 radical (unpaired) electrons. The van der Waals surface area contributed by atoms with Gasteiger partial charge in [-0.05, 0) is 77.3 Å². The van der Waals surface area contributed by atoms with E-state index in [4.69, 9.17) is 23.7 Å². The van der Waals surface area contributed by atoms with Crippen LogP contribution in [0, 0.1) is 10.1 Å². The van der Waals surface area contributed by atoms with Gasteiger partial charge in [-0.2, -0.15) is 5.10 Å². The van der Waals surface area contributed by atoms with Crippen molar-refractivity contribution in [2.75, 3.05) is 27.4 Å². The molecule has 3 aromatic rings. The van der Waals surface area contributed by atoms with Crippen LogP contribution in [-0.4, -0.2) is 61.9 Å². The number of benzene rings is 3. The third-order valence-corrected chi connectivity index (χ3v) is 7.61. The number of halogens is 1. The minimum Gasteiger partial charge on any atom is -0.493 e. The summed E-state index contributed by atoms with van der Waals surface area (Å²) in [7, 11) is 2.75. The standard InChI is InChI=1S/C32H34BrN5O10/c1-5-46-26-12-20(30-29(31(40)45-4)18(2)35-32(41)36-30)8-11-24(26)48-17-28(39)37-34-15-21-13-25(44-3)27(14-23(21)33)47-16-19-6-9-22(10-7-19)38(42)43/h6-15,28,30,37,39H,5,16-17H2,1-4H3,(H2,35,36,41)/b34-15-/t28-,30+/m0/s1. The second-order valence-electron chi connectivity index (χ2n) is 10.2. The van der Waals surface area contributed by atoms with Gasteiger partial charge in [-0.25, -0.2) is 9.59 Å². The average Bonchev–Trinajstić information content (AvgIpc) is 3.07. The van der Waals surface area contributed by atoms with Gasteiger partial charge in [-0.3, -0.25) is 15.5 Å². The molecular formula is C32H34BrN5O10. The minimum atomic E-state index is -1.21. The predicted molar refractivity (Wildman–Crippen MR) is 177 cm³/mol. The maximum absolute atomic E-state index is 12.5. The number of urea groups is 1. The van der Waals surface area contributed by atoms with E-state index in [0.717, 1.165) is 5.56 Å². The lowest BCUT2D eigenvalue weighted by atomic mass is 9.95. The van der Waals surface area contributed by atoms with E-state index in [0.29, 0.717) is 50.9 Å². The van der Waals surface area contributed by atoms with Crippen LogP contribution < -0.4 is 35.0 Å². The number of nitrogens with zero attached hydrogens (tertiary/aromatic N) is 2. The molecule has 16 heteroatoms. The molecule has 1 heterocycles. The van der Waals surface area contributed by atoms with Gasteiger partial charge in [-0.15, -0.1) is 0 Å². The Labute approximate surface area is 284 Å². The highest BCUT2D eigenvalue weighted by Gasteiger charge is 2.32. The first-order chi connectivity index (χ1) is 23.0. The Morgan fingerprint density at radius 1 is 1.08 bits per heavy atom. The number of amides is 2. The van der Waals surface area contributed by atoms with Crippen LogP contribution in [0.3, 0.4) is 0 Å². The van der Waals surface area contributed by atoms with Crippen molar-refractivity contribution in [1.82, 2.24) is 16.1 Å². The third-order valence-electron chi connectivity index (χ3n) is 6.92. The normalized spacial score (nSPS) is 14.9. The van der Waals surface area contributed by atoms with Gasteiger partial charge in [0.05, 0.1) is 43.6 Å². The fourth-order valence-electron chi connectivity index (χ4n) is 4.61. The number of rotatable bonds is 15. The van der Waals surface area contributed by atoms with E-state index >= 15 is 0 Å². The molecule has 3 aromatic carbocycles. The van der Waals surface area contributed by atoms with Gasteiger partial charge in [0.25, 0.3) is 5.69 Å². The maximum Gasteiger partial charge on any atom is 0.337 e. The Kier molecular flexibility index (Phi) is 12.2. The summed E-state index contributed by atoms with van der Waals surface area (Å²) in [5, 5.41) is 30.8. The zero-order valence-electron chi connectivity index (χ0n) is 26.4. The molecule has 0 fully saturated rings. The van der Waals surface area contributed by atoms with Gasteiger partial charge in [-0.1, -0.05) is 6.07 Å². The predicted octanol–water partition coefficient (Wildman–Crippen LogP) is 4.47. The van der Waals surface area contributed by atoms with Gasteiger partial charge in [0, 0.05) is 27.9 Å². The van der Waals surface area contributed by atoms with Crippen LogP contribution in [0.1, 0.15) is 36.6 Å². The van der Waals surface area contributed by atoms with Gasteiger partial charge < -0.3 is 39.4 Å². The summed E-state index contributed by atoms with van der Waals surface area (Å²) in [6, 6.07) is 13.1. The van der Waals surface area contributed by atoms with Crippen LogP contribution in [0.15, 0.2) is 75.4 Å². The summed E-state index contributed by atoms with van der Waals surface area (Å²) in [4.78, 5) is 35.0. The number of methoxy groups -OCH3 is 2. The molecule has 0 bridgehead atoms. The van der Waals surface area contributed by atoms with E-state index in [1.165, 1.54) is 32.6 Å². The summed E-state index contributed by atoms with van der Waals surface area (Å²) in [5.41, 5.74) is 5.13. The number of hydrazone groups is 1. The quantitative estimate of drug-likeness (QED) is 0.0568. The minimum absolute atomic E-state index is 0.00742. The SMILES string of the molecule is CCOc1cc([C@H]2NC(=O)NC(C)=C2C(=O)OC)ccc1OC[C@H](O)N/N=C\c1cc(OC)c(OCc2ccc([N+](=O)[O-])cc2)cc1Br. The number of ether oxygens (including phenoxy) is 5. The number of allylic oxidation sites excluding steroid dienone is 1. The first kappa shape index (κ1) is 35.5. The van der Waals surface area contributed by atoms with Gasteiger partial charge in [0.15, 0.2) is 29.2 Å². The highest BCUT2D eigenvalue weighted by molar-refractivity contribution is 9.10. The van der Waals surface area contributed by atoms with E-state index in [9.17, 15) is 24.8 Å². The number of nitro benzene ring substituents is 1. The number of hydrogen-bond donors (Lipinski definition) is 4. The molecule has 254 valence electrons. The molecule has 2 atom stereocenters. The number of non-ortho nitro benzene ring substituents is 1. The van der Waals surface area contributed by atoms with Crippen molar-refractivity contribution in [1.29, 1.82) is 0 Å². The first-order valence-corrected chi connectivity index (χ1v) is 15.3. The number of aliphatic hydroxyl groups excluding tert-OH is 1. The summed E-state index contributed by atoms with van der Waals surface area (Å²) in [6.07, 6.45) is 0.263. The van der Waals surface area contributed by atoms with Crippen molar-refractivity contribution >= 4 is 39.8 Å². The van der Waals surface area contributed by atoms with Gasteiger partial charge in [0.2, 0.25) is 0 Å². The lowest BCUT2D eigenvalue weighted by Gasteiger charge is -2.28. The topological polar surface area (TPSA) is 192 Å². The number of esters is 1. The van der Waals surface area contributed by atoms with Crippen LogP contribution in [-0.2, 0) is 16.1 Å². The smallest absolute Gasteiger partial charge is 0.337 e. The Bertz CT molecular complexity index is 1710. The lowest BCUT2D eigenvalue weighted by Crippen LogP contribution is -2.45. The first-order valence-electron chi connectivity index (χ1n) is 14.5. The van der Waals surface area contributed by atoms with Crippen LogP contribution in [0.5, 0.6) is 23.0 Å². The van der Waals surface area contributed by atoms with E-state index in [1.807, 2.05) is 0 Å². The molecule has 1 aliphatic heterocycles. The zero-order chi connectivity index (χ0) is 34.8. The lowest BCUT2D eigenvalue weighted by molar-refractivity contribution is -0.384. The highest BCUT2D eigenvalue weighted by Crippen LogP contribution is 2.35. The van der Waals surface area contributed by atoms with E-state index in [2.05, 4.69) is 37.1 Å². The second kappa shape index (κ2) is 16.5. The molecule has 2 amide bonds. The van der Waals surface area contributed by atoms with Crippen molar-refractivity contribution < 1.29 is 43.3 Å². The Hall–Kier alpha value is -5.35. The molecular weight excluding hydrogens is 694 g/mol. The summed E-state index contributed by atoms with van der Waals surface area (Å²) >= 11 is 3.48. The largest absolute Gasteiger partial charge is 0.493 e. The number of carbonyl (C=O) groups is 2. The summed E-state index contributed by atoms with van der Waals surface area (Å²) in [6.45, 7) is 3.67. The highest BCUT2D eigenvalue weighted by atomic mass is 79.9. The van der Waals surface area contributed by atoms with Crippen molar-refractivity contribution in [3.05, 3.63) is 97.1 Å². The maximum atomic E-state index is 12.5. The number of carbonyl (C=O) groups excluding carboxylic acids is 2. The molecule has 1 aliphatic rings. The molecule has 15 nitrogen and oxygen atoms in total. The van der Waals surface area contributed by atoms with Crippen molar-refractivity contribution in [2.45, 2.75) is 32.7 Å². The Morgan fingerprint density at radius 2 is 1.81 bits per heavy atom. The number of aliphatic hydroxyl groups is 1. The molecule has 0 aromatic heterocycles. The van der Waals surface area contributed by atoms with E-state index < -0.39 is 29.2 Å². The Morgan fingerprint density at radius 3 is 2.48 bits per heavy atom. The number of hydrogen-bond acceptors (Lipinski definition) is 12. The number of nitro groups is 1. The van der Waals surface area contributed by atoms with Crippen molar-refractivity contribution in [2.24, 2.45) is 5.10 Å². The third kappa shape index (κ3) is 8.92. The monoisotopic (exact) mass is 727 g/mol. The zero-order valence-corrected chi connectivity index (χ0v) is 28.0. The average molecular weight is 729 g/mol. The molecule has 0 spiro atoms. The summed E-state index contributed by atoms with van der Waals surface area (Å²) in [5.74, 6) is 0.931. The fraction of sp³-hybridized carbons (Fsp3) is 0.281. The van der Waals surface area contributed by atoms with Crippen molar-refractivity contribution in [3.63, 3.8) is 0 Å². The molecule has 0 saturated carbocycles. The fourth-order valence-corrected chi connectivity index (χ4v) is 5.04. The Balaban J connectivity index is 1.38. The second-order valence-corrected chi connectivity index (χ2v) is 11.0. The molecule has 4 rings (SSSR count). The van der Waals surface area contributed by atoms with Crippen LogP contribution in [0.4, 0.5) is 10.5 Å². The van der Waals surface area contributed by atoms with Crippen molar-refractivity contribution in [3.8, 4) is 23.0 Å². The molecule has 0 unspecified atom stereocenters.